The number of rotatable bonds is 8. The summed E-state index contributed by atoms with van der Waals surface area (Å²) in [5.74, 6) is 0.550. The molecule has 2 amide bonds. The second-order valence-corrected chi connectivity index (χ2v) is 7.69. The van der Waals surface area contributed by atoms with Crippen molar-refractivity contribution in [1.29, 1.82) is 0 Å². The van der Waals surface area contributed by atoms with Crippen LogP contribution in [0, 0.1) is 0 Å². The number of ether oxygens (including phenoxy) is 1. The Morgan fingerprint density at radius 3 is 2.47 bits per heavy atom. The van der Waals surface area contributed by atoms with Crippen molar-refractivity contribution in [3.63, 3.8) is 0 Å². The van der Waals surface area contributed by atoms with Crippen molar-refractivity contribution in [1.82, 2.24) is 5.32 Å². The number of anilines is 1. The lowest BCUT2D eigenvalue weighted by atomic mass is 10.1. The highest BCUT2D eigenvalue weighted by Gasteiger charge is 2.16. The molecular weight excluding hydrogens is 396 g/mol. The van der Waals surface area contributed by atoms with Crippen LogP contribution >= 0.6 is 11.8 Å². The van der Waals surface area contributed by atoms with Crippen LogP contribution in [0.5, 0.6) is 5.75 Å². The van der Waals surface area contributed by atoms with Gasteiger partial charge in [0.05, 0.1) is 24.5 Å². The first kappa shape index (κ1) is 21.5. The zero-order valence-corrected chi connectivity index (χ0v) is 17.7. The van der Waals surface area contributed by atoms with Gasteiger partial charge in [-0.25, -0.2) is 0 Å². The standard InChI is InChI=1S/C24H24N2O3S/c1-17(18-9-4-3-5-10-18)25-24(28)21-13-6-7-14-22(21)30-16-23(27)26-19-11-8-12-20(15-19)29-2/h3-15,17H,16H2,1-2H3,(H,25,28)(H,26,27). The number of thioether (sulfide) groups is 1. The van der Waals surface area contributed by atoms with Gasteiger partial charge in [0, 0.05) is 16.6 Å². The Balaban J connectivity index is 1.61. The first-order valence-electron chi connectivity index (χ1n) is 9.58. The van der Waals surface area contributed by atoms with E-state index < -0.39 is 0 Å². The third-order valence-electron chi connectivity index (χ3n) is 4.49. The SMILES string of the molecule is COc1cccc(NC(=O)CSc2ccccc2C(=O)NC(C)c2ccccc2)c1. The summed E-state index contributed by atoms with van der Waals surface area (Å²) in [4.78, 5) is 25.9. The molecule has 3 aromatic carbocycles. The number of hydrogen-bond donors (Lipinski definition) is 2. The van der Waals surface area contributed by atoms with Gasteiger partial charge >= 0.3 is 0 Å². The molecule has 5 nitrogen and oxygen atoms in total. The smallest absolute Gasteiger partial charge is 0.252 e. The predicted molar refractivity (Wildman–Crippen MR) is 121 cm³/mol. The van der Waals surface area contributed by atoms with Crippen molar-refractivity contribution >= 4 is 29.3 Å². The van der Waals surface area contributed by atoms with Crippen LogP contribution < -0.4 is 15.4 Å². The molecule has 154 valence electrons. The lowest BCUT2D eigenvalue weighted by Gasteiger charge is -2.16. The molecule has 0 aliphatic rings. The fraction of sp³-hybridized carbons (Fsp3) is 0.167. The van der Waals surface area contributed by atoms with Gasteiger partial charge in [-0.15, -0.1) is 11.8 Å². The minimum Gasteiger partial charge on any atom is -0.497 e. The van der Waals surface area contributed by atoms with Crippen molar-refractivity contribution in [2.24, 2.45) is 0 Å². The van der Waals surface area contributed by atoms with Gasteiger partial charge < -0.3 is 15.4 Å². The summed E-state index contributed by atoms with van der Waals surface area (Å²) >= 11 is 1.33. The number of carbonyl (C=O) groups is 2. The van der Waals surface area contributed by atoms with E-state index in [0.29, 0.717) is 17.0 Å². The molecule has 6 heteroatoms. The lowest BCUT2D eigenvalue weighted by Crippen LogP contribution is -2.27. The largest absolute Gasteiger partial charge is 0.497 e. The maximum Gasteiger partial charge on any atom is 0.252 e. The van der Waals surface area contributed by atoms with Gasteiger partial charge in [-0.05, 0) is 36.8 Å². The van der Waals surface area contributed by atoms with E-state index in [1.54, 1.807) is 25.3 Å². The van der Waals surface area contributed by atoms with Crippen LogP contribution in [0.1, 0.15) is 28.9 Å². The number of nitrogens with one attached hydrogen (secondary N) is 2. The lowest BCUT2D eigenvalue weighted by molar-refractivity contribution is -0.113. The van der Waals surface area contributed by atoms with Gasteiger partial charge in [0.1, 0.15) is 5.75 Å². The number of carbonyl (C=O) groups excluding carboxylic acids is 2. The summed E-state index contributed by atoms with van der Waals surface area (Å²) in [6.45, 7) is 1.95. The molecule has 30 heavy (non-hydrogen) atoms. The van der Waals surface area contributed by atoms with E-state index in [0.717, 1.165) is 10.5 Å². The molecule has 0 bridgehead atoms. The van der Waals surface area contributed by atoms with Crippen molar-refractivity contribution in [2.45, 2.75) is 17.9 Å². The van der Waals surface area contributed by atoms with Gasteiger partial charge in [-0.1, -0.05) is 48.5 Å². The minimum absolute atomic E-state index is 0.117. The predicted octanol–water partition coefficient (Wildman–Crippen LogP) is 4.92. The molecule has 0 saturated heterocycles. The molecule has 1 unspecified atom stereocenters. The molecule has 0 fully saturated rings. The van der Waals surface area contributed by atoms with Crippen molar-refractivity contribution in [3.8, 4) is 5.75 Å². The Kier molecular flexibility index (Phi) is 7.51. The maximum absolute atomic E-state index is 12.8. The Labute approximate surface area is 180 Å². The van der Waals surface area contributed by atoms with Crippen LogP contribution in [0.4, 0.5) is 5.69 Å². The van der Waals surface area contributed by atoms with Crippen LogP contribution in [-0.2, 0) is 4.79 Å². The quantitative estimate of drug-likeness (QED) is 0.508. The molecule has 3 rings (SSSR count). The topological polar surface area (TPSA) is 67.4 Å². The first-order chi connectivity index (χ1) is 14.6. The highest BCUT2D eigenvalue weighted by Crippen LogP contribution is 2.24. The number of benzene rings is 3. The highest BCUT2D eigenvalue weighted by molar-refractivity contribution is 8.00. The summed E-state index contributed by atoms with van der Waals surface area (Å²) in [5.41, 5.74) is 2.26. The highest BCUT2D eigenvalue weighted by atomic mass is 32.2. The molecule has 0 heterocycles. The van der Waals surface area contributed by atoms with Gasteiger partial charge in [0.2, 0.25) is 5.91 Å². The van der Waals surface area contributed by atoms with E-state index in [2.05, 4.69) is 10.6 Å². The van der Waals surface area contributed by atoms with Crippen LogP contribution in [0.15, 0.2) is 83.8 Å². The van der Waals surface area contributed by atoms with E-state index in [9.17, 15) is 9.59 Å². The van der Waals surface area contributed by atoms with Crippen molar-refractivity contribution < 1.29 is 14.3 Å². The summed E-state index contributed by atoms with van der Waals surface area (Å²) in [5, 5.41) is 5.88. The van der Waals surface area contributed by atoms with Gasteiger partial charge in [0.15, 0.2) is 0 Å². The molecule has 3 aromatic rings. The summed E-state index contributed by atoms with van der Waals surface area (Å²) < 4.78 is 5.17. The summed E-state index contributed by atoms with van der Waals surface area (Å²) in [6.07, 6.45) is 0. The average Bonchev–Trinajstić information content (AvgIpc) is 2.78. The molecular formula is C24H24N2O3S. The summed E-state index contributed by atoms with van der Waals surface area (Å²) in [6, 6.07) is 24.2. The van der Waals surface area contributed by atoms with Gasteiger partial charge in [-0.3, -0.25) is 9.59 Å². The zero-order valence-electron chi connectivity index (χ0n) is 16.9. The number of amides is 2. The molecule has 2 N–H and O–H groups in total. The molecule has 0 aliphatic carbocycles. The zero-order chi connectivity index (χ0) is 21.3. The van der Waals surface area contributed by atoms with E-state index >= 15 is 0 Å². The molecule has 1 atom stereocenters. The second kappa shape index (κ2) is 10.5. The van der Waals surface area contributed by atoms with Crippen LogP contribution in [0.2, 0.25) is 0 Å². The monoisotopic (exact) mass is 420 g/mol. The fourth-order valence-electron chi connectivity index (χ4n) is 2.92. The fourth-order valence-corrected chi connectivity index (χ4v) is 3.77. The molecule has 0 aromatic heterocycles. The van der Waals surface area contributed by atoms with E-state index in [4.69, 9.17) is 4.74 Å². The number of methoxy groups -OCH3 is 1. The second-order valence-electron chi connectivity index (χ2n) is 6.67. The van der Waals surface area contributed by atoms with E-state index in [1.165, 1.54) is 11.8 Å². The van der Waals surface area contributed by atoms with Crippen molar-refractivity contribution in [3.05, 3.63) is 90.0 Å². The van der Waals surface area contributed by atoms with Crippen LogP contribution in [-0.4, -0.2) is 24.7 Å². The minimum atomic E-state index is -0.164. The summed E-state index contributed by atoms with van der Waals surface area (Å²) in [7, 11) is 1.58. The van der Waals surface area contributed by atoms with Gasteiger partial charge in [0.25, 0.3) is 5.91 Å². The first-order valence-corrected chi connectivity index (χ1v) is 10.6. The van der Waals surface area contributed by atoms with Crippen LogP contribution in [0.3, 0.4) is 0 Å². The Morgan fingerprint density at radius 1 is 0.967 bits per heavy atom. The number of hydrogen-bond acceptors (Lipinski definition) is 4. The Morgan fingerprint density at radius 2 is 1.70 bits per heavy atom. The van der Waals surface area contributed by atoms with Gasteiger partial charge in [-0.2, -0.15) is 0 Å². The van der Waals surface area contributed by atoms with E-state index in [-0.39, 0.29) is 23.6 Å². The molecule has 0 radical (unpaired) electrons. The Hall–Kier alpha value is -3.25. The molecule has 0 saturated carbocycles. The molecule has 0 spiro atoms. The maximum atomic E-state index is 12.8. The Bertz CT molecular complexity index is 1010. The van der Waals surface area contributed by atoms with Crippen molar-refractivity contribution in [2.75, 3.05) is 18.2 Å². The normalized spacial score (nSPS) is 11.4. The molecule has 0 aliphatic heterocycles. The average molecular weight is 421 g/mol. The van der Waals surface area contributed by atoms with Crippen LogP contribution in [0.25, 0.3) is 0 Å². The van der Waals surface area contributed by atoms with E-state index in [1.807, 2.05) is 67.6 Å². The third-order valence-corrected chi connectivity index (χ3v) is 5.56. The third kappa shape index (κ3) is 5.87.